The third-order valence-electron chi connectivity index (χ3n) is 4.66. The SMILES string of the molecule is COc1ccc(C(C)N(C)C(=O)/C=C/c2ccc3c(c2)CCO3)cc1. The first-order valence-corrected chi connectivity index (χ1v) is 8.43. The normalized spacial score (nSPS) is 14.0. The van der Waals surface area contributed by atoms with E-state index in [4.69, 9.17) is 9.47 Å². The number of rotatable bonds is 5. The molecule has 0 radical (unpaired) electrons. The number of nitrogens with zero attached hydrogens (tertiary/aromatic N) is 1. The Balaban J connectivity index is 1.66. The minimum atomic E-state index is -0.0277. The van der Waals surface area contributed by atoms with Crippen molar-refractivity contribution < 1.29 is 14.3 Å². The number of carbonyl (C=O) groups excluding carboxylic acids is 1. The maximum Gasteiger partial charge on any atom is 0.246 e. The highest BCUT2D eigenvalue weighted by Crippen LogP contribution is 2.26. The van der Waals surface area contributed by atoms with Gasteiger partial charge < -0.3 is 14.4 Å². The summed E-state index contributed by atoms with van der Waals surface area (Å²) in [4.78, 5) is 14.2. The van der Waals surface area contributed by atoms with Gasteiger partial charge in [0.05, 0.1) is 19.8 Å². The fraction of sp³-hybridized carbons (Fsp3) is 0.286. The van der Waals surface area contributed by atoms with Gasteiger partial charge in [0.2, 0.25) is 5.91 Å². The molecule has 3 rings (SSSR count). The van der Waals surface area contributed by atoms with E-state index in [9.17, 15) is 4.79 Å². The summed E-state index contributed by atoms with van der Waals surface area (Å²) in [7, 11) is 3.46. The van der Waals surface area contributed by atoms with Crippen molar-refractivity contribution in [2.75, 3.05) is 20.8 Å². The molecule has 1 atom stereocenters. The Morgan fingerprint density at radius 1 is 1.24 bits per heavy atom. The van der Waals surface area contributed by atoms with Crippen molar-refractivity contribution in [3.8, 4) is 11.5 Å². The molecule has 4 nitrogen and oxygen atoms in total. The number of carbonyl (C=O) groups is 1. The number of amides is 1. The molecule has 2 aromatic carbocycles. The smallest absolute Gasteiger partial charge is 0.246 e. The van der Waals surface area contributed by atoms with Crippen molar-refractivity contribution in [2.24, 2.45) is 0 Å². The van der Waals surface area contributed by atoms with Crippen molar-refractivity contribution in [2.45, 2.75) is 19.4 Å². The third-order valence-corrected chi connectivity index (χ3v) is 4.66. The molecule has 1 heterocycles. The molecule has 0 N–H and O–H groups in total. The molecule has 25 heavy (non-hydrogen) atoms. The van der Waals surface area contributed by atoms with E-state index in [1.165, 1.54) is 5.56 Å². The molecule has 1 aliphatic rings. The lowest BCUT2D eigenvalue weighted by molar-refractivity contribution is -0.126. The maximum absolute atomic E-state index is 12.5. The van der Waals surface area contributed by atoms with E-state index in [1.807, 2.05) is 56.4 Å². The average molecular weight is 337 g/mol. The van der Waals surface area contributed by atoms with Crippen molar-refractivity contribution in [3.63, 3.8) is 0 Å². The van der Waals surface area contributed by atoms with Crippen LogP contribution in [0.2, 0.25) is 0 Å². The Bertz CT molecular complexity index is 780. The number of hydrogen-bond donors (Lipinski definition) is 0. The largest absolute Gasteiger partial charge is 0.497 e. The first-order valence-electron chi connectivity index (χ1n) is 8.43. The highest BCUT2D eigenvalue weighted by atomic mass is 16.5. The van der Waals surface area contributed by atoms with Crippen molar-refractivity contribution in [1.82, 2.24) is 4.90 Å². The van der Waals surface area contributed by atoms with Crippen LogP contribution < -0.4 is 9.47 Å². The Labute approximate surface area is 148 Å². The van der Waals surface area contributed by atoms with Crippen molar-refractivity contribution in [1.29, 1.82) is 0 Å². The molecular weight excluding hydrogens is 314 g/mol. The van der Waals surface area contributed by atoms with Crippen LogP contribution in [-0.4, -0.2) is 31.6 Å². The predicted molar refractivity (Wildman–Crippen MR) is 98.9 cm³/mol. The average Bonchev–Trinajstić information content (AvgIpc) is 3.12. The number of ether oxygens (including phenoxy) is 2. The van der Waals surface area contributed by atoms with E-state index in [0.717, 1.165) is 35.7 Å². The molecule has 4 heteroatoms. The highest BCUT2D eigenvalue weighted by molar-refractivity contribution is 5.92. The second-order valence-corrected chi connectivity index (χ2v) is 6.20. The van der Waals surface area contributed by atoms with Crippen LogP contribution in [0.5, 0.6) is 11.5 Å². The van der Waals surface area contributed by atoms with Crippen LogP contribution in [0.3, 0.4) is 0 Å². The standard InChI is InChI=1S/C21H23NO3/c1-15(17-6-8-19(24-3)9-7-17)22(2)21(23)11-5-16-4-10-20-18(14-16)12-13-25-20/h4-11,14-15H,12-13H2,1-3H3/b11-5+. The highest BCUT2D eigenvalue weighted by Gasteiger charge is 2.16. The molecule has 1 amide bonds. The van der Waals surface area contributed by atoms with Gasteiger partial charge in [-0.15, -0.1) is 0 Å². The minimum Gasteiger partial charge on any atom is -0.497 e. The minimum absolute atomic E-state index is 0.0172. The van der Waals surface area contributed by atoms with Crippen LogP contribution in [0.1, 0.15) is 29.7 Å². The summed E-state index contributed by atoms with van der Waals surface area (Å²) in [6.45, 7) is 2.75. The third kappa shape index (κ3) is 3.85. The van der Waals surface area contributed by atoms with Gasteiger partial charge in [-0.2, -0.15) is 0 Å². The quantitative estimate of drug-likeness (QED) is 0.778. The first kappa shape index (κ1) is 17.1. The molecule has 1 unspecified atom stereocenters. The van der Waals surface area contributed by atoms with E-state index in [1.54, 1.807) is 18.1 Å². The Hall–Kier alpha value is -2.75. The first-order chi connectivity index (χ1) is 12.1. The van der Waals surface area contributed by atoms with Gasteiger partial charge in [0.15, 0.2) is 0 Å². The lowest BCUT2D eigenvalue weighted by atomic mass is 10.1. The molecule has 0 aromatic heterocycles. The van der Waals surface area contributed by atoms with Crippen molar-refractivity contribution >= 4 is 12.0 Å². The maximum atomic E-state index is 12.5. The lowest BCUT2D eigenvalue weighted by Gasteiger charge is -2.24. The van der Waals surface area contributed by atoms with Gasteiger partial charge in [0.25, 0.3) is 0 Å². The zero-order chi connectivity index (χ0) is 17.8. The number of benzene rings is 2. The molecule has 0 bridgehead atoms. The molecule has 2 aromatic rings. The molecule has 0 spiro atoms. The van der Waals surface area contributed by atoms with E-state index in [2.05, 4.69) is 6.07 Å². The van der Waals surface area contributed by atoms with Crippen LogP contribution in [-0.2, 0) is 11.2 Å². The second kappa shape index (κ2) is 7.43. The predicted octanol–water partition coefficient (Wildman–Crippen LogP) is 3.86. The van der Waals surface area contributed by atoms with E-state index >= 15 is 0 Å². The van der Waals surface area contributed by atoms with Crippen molar-refractivity contribution in [3.05, 3.63) is 65.2 Å². The summed E-state index contributed by atoms with van der Waals surface area (Å²) in [6.07, 6.45) is 4.41. The fourth-order valence-corrected chi connectivity index (χ4v) is 2.89. The van der Waals surface area contributed by atoms with Gasteiger partial charge in [-0.3, -0.25) is 4.79 Å². The molecule has 0 saturated heterocycles. The van der Waals surface area contributed by atoms with E-state index < -0.39 is 0 Å². The fourth-order valence-electron chi connectivity index (χ4n) is 2.89. The summed E-state index contributed by atoms with van der Waals surface area (Å²) >= 11 is 0. The zero-order valence-electron chi connectivity index (χ0n) is 14.9. The van der Waals surface area contributed by atoms with Gasteiger partial charge in [-0.25, -0.2) is 0 Å². The molecule has 1 aliphatic heterocycles. The summed E-state index contributed by atoms with van der Waals surface area (Å²) in [5.74, 6) is 1.74. The van der Waals surface area contributed by atoms with Gasteiger partial charge >= 0.3 is 0 Å². The Kier molecular flexibility index (Phi) is 5.08. The summed E-state index contributed by atoms with van der Waals surface area (Å²) in [5.41, 5.74) is 3.29. The molecule has 0 saturated carbocycles. The topological polar surface area (TPSA) is 38.8 Å². The summed E-state index contributed by atoms with van der Waals surface area (Å²) in [6, 6.07) is 13.8. The van der Waals surface area contributed by atoms with Gasteiger partial charge in [0, 0.05) is 19.5 Å². The molecular formula is C21H23NO3. The summed E-state index contributed by atoms with van der Waals surface area (Å²) < 4.78 is 10.7. The lowest BCUT2D eigenvalue weighted by Crippen LogP contribution is -2.27. The second-order valence-electron chi connectivity index (χ2n) is 6.20. The van der Waals surface area contributed by atoms with Crippen LogP contribution in [0.25, 0.3) is 6.08 Å². The molecule has 0 fully saturated rings. The number of fused-ring (bicyclic) bond motifs is 1. The van der Waals surface area contributed by atoms with Crippen LogP contribution in [0.15, 0.2) is 48.5 Å². The van der Waals surface area contributed by atoms with Crippen LogP contribution in [0, 0.1) is 0 Å². The number of hydrogen-bond acceptors (Lipinski definition) is 3. The Morgan fingerprint density at radius 2 is 2.00 bits per heavy atom. The molecule has 0 aliphatic carbocycles. The van der Waals surface area contributed by atoms with Gasteiger partial charge in [-0.1, -0.05) is 18.2 Å². The monoisotopic (exact) mass is 337 g/mol. The number of likely N-dealkylation sites (N-methyl/N-ethyl adjacent to an activating group) is 1. The summed E-state index contributed by atoms with van der Waals surface area (Å²) in [5, 5.41) is 0. The van der Waals surface area contributed by atoms with Gasteiger partial charge in [0.1, 0.15) is 11.5 Å². The van der Waals surface area contributed by atoms with Crippen LogP contribution in [0.4, 0.5) is 0 Å². The van der Waals surface area contributed by atoms with E-state index in [0.29, 0.717) is 0 Å². The van der Waals surface area contributed by atoms with E-state index in [-0.39, 0.29) is 11.9 Å². The zero-order valence-corrected chi connectivity index (χ0v) is 14.9. The molecule has 130 valence electrons. The Morgan fingerprint density at radius 3 is 2.72 bits per heavy atom. The van der Waals surface area contributed by atoms with Gasteiger partial charge in [-0.05, 0) is 54.0 Å². The van der Waals surface area contributed by atoms with Crippen LogP contribution >= 0.6 is 0 Å². The number of methoxy groups -OCH3 is 1.